The number of nitrogen functional groups attached to an aromatic ring is 1. The molecule has 0 bridgehead atoms. The van der Waals surface area contributed by atoms with Crippen molar-refractivity contribution < 1.29 is 20.1 Å². The molecule has 1 saturated heterocycles. The summed E-state index contributed by atoms with van der Waals surface area (Å²) in [6.45, 7) is 3.66. The lowest BCUT2D eigenvalue weighted by atomic mass is 9.79. The van der Waals surface area contributed by atoms with Crippen molar-refractivity contribution in [2.45, 2.75) is 75.9 Å². The van der Waals surface area contributed by atoms with E-state index in [0.29, 0.717) is 30.4 Å². The number of hydrogen-bond donors (Lipinski definition) is 4. The average Bonchev–Trinajstić information content (AvgIpc) is 3.19. The van der Waals surface area contributed by atoms with Gasteiger partial charge in [-0.3, -0.25) is 4.57 Å². The van der Waals surface area contributed by atoms with Crippen molar-refractivity contribution in [3.8, 4) is 0 Å². The van der Waals surface area contributed by atoms with Crippen molar-refractivity contribution in [1.82, 2.24) is 19.5 Å². The van der Waals surface area contributed by atoms with Gasteiger partial charge in [-0.05, 0) is 19.3 Å². The zero-order chi connectivity index (χ0) is 19.7. The van der Waals surface area contributed by atoms with Crippen LogP contribution in [0.2, 0.25) is 0 Å². The Bertz CT molecular complexity index is 784. The Hall–Kier alpha value is -1.81. The zero-order valence-electron chi connectivity index (χ0n) is 15.9. The minimum absolute atomic E-state index is 0.235. The van der Waals surface area contributed by atoms with Crippen LogP contribution in [-0.2, 0) is 10.5 Å². The van der Waals surface area contributed by atoms with Crippen molar-refractivity contribution in [3.63, 3.8) is 0 Å². The molecular weight excluding hydrogens is 350 g/mol. The minimum atomic E-state index is -1.60. The number of fused-ring (bicyclic) bond motifs is 1. The Morgan fingerprint density at radius 3 is 2.56 bits per heavy atom. The molecule has 1 fully saturated rings. The Morgan fingerprint density at radius 2 is 1.89 bits per heavy atom. The fourth-order valence-corrected chi connectivity index (χ4v) is 4.08. The summed E-state index contributed by atoms with van der Waals surface area (Å²) in [5.74, 6) is 0.235. The summed E-state index contributed by atoms with van der Waals surface area (Å²) in [4.78, 5) is 12.6. The van der Waals surface area contributed by atoms with E-state index in [2.05, 4.69) is 15.0 Å². The first-order valence-corrected chi connectivity index (χ1v) is 9.58. The summed E-state index contributed by atoms with van der Waals surface area (Å²) in [5.41, 5.74) is 3.86. The number of unbranched alkanes of at least 4 members (excludes halogenated alkanes) is 2. The van der Waals surface area contributed by atoms with E-state index in [4.69, 9.17) is 10.5 Å². The van der Waals surface area contributed by atoms with Gasteiger partial charge in [0.05, 0.1) is 12.9 Å². The van der Waals surface area contributed by atoms with E-state index in [-0.39, 0.29) is 5.82 Å². The van der Waals surface area contributed by atoms with Crippen molar-refractivity contribution in [3.05, 3.63) is 12.7 Å². The number of aliphatic hydroxyl groups excluding tert-OH is 2. The van der Waals surface area contributed by atoms with Gasteiger partial charge in [0.1, 0.15) is 29.7 Å². The number of nitrogens with two attached hydrogens (primary N) is 1. The number of hydrogen-bond acceptors (Lipinski definition) is 8. The minimum Gasteiger partial charge on any atom is -0.394 e. The summed E-state index contributed by atoms with van der Waals surface area (Å²) in [5, 5.41) is 32.3. The molecule has 0 spiro atoms. The Kier molecular flexibility index (Phi) is 5.66. The molecule has 0 aliphatic carbocycles. The molecule has 4 atom stereocenters. The van der Waals surface area contributed by atoms with Crippen LogP contribution in [0.3, 0.4) is 0 Å². The smallest absolute Gasteiger partial charge is 0.179 e. The highest BCUT2D eigenvalue weighted by molar-refractivity contribution is 5.81. The Morgan fingerprint density at radius 1 is 1.19 bits per heavy atom. The fourth-order valence-electron chi connectivity index (χ4n) is 4.08. The summed E-state index contributed by atoms with van der Waals surface area (Å²) in [7, 11) is 0. The first-order chi connectivity index (χ1) is 12.9. The van der Waals surface area contributed by atoms with E-state index in [9.17, 15) is 15.3 Å². The second kappa shape index (κ2) is 7.67. The molecule has 2 aromatic rings. The second-order valence-electron chi connectivity index (χ2n) is 7.25. The van der Waals surface area contributed by atoms with E-state index in [1.165, 1.54) is 12.7 Å². The molecular formula is C18H29N5O4. The van der Waals surface area contributed by atoms with Gasteiger partial charge in [0.2, 0.25) is 0 Å². The normalized spacial score (nSPS) is 31.0. The molecule has 0 aromatic carbocycles. The van der Waals surface area contributed by atoms with Crippen molar-refractivity contribution in [2.24, 2.45) is 0 Å². The van der Waals surface area contributed by atoms with Crippen LogP contribution in [0.5, 0.6) is 0 Å². The van der Waals surface area contributed by atoms with Gasteiger partial charge in [-0.25, -0.2) is 15.0 Å². The van der Waals surface area contributed by atoms with Crippen LogP contribution in [0.15, 0.2) is 12.7 Å². The molecule has 150 valence electrons. The lowest BCUT2D eigenvalue weighted by Gasteiger charge is -2.43. The standard InChI is InChI=1S/C18H29N5O4/c1-3-5-7-17(26)14(25)12(9-24)27-18(17,8-6-4-2)23-11-22-13-15(19)20-10-21-16(13)23/h10-12,14,24-26H,3-9H2,1-2H3,(H2,19,20,21)/t12-,14-,17-,18-/m1/s1. The van der Waals surface area contributed by atoms with Gasteiger partial charge < -0.3 is 25.8 Å². The molecule has 0 amide bonds. The summed E-state index contributed by atoms with van der Waals surface area (Å²) >= 11 is 0. The highest BCUT2D eigenvalue weighted by atomic mass is 16.6. The van der Waals surface area contributed by atoms with E-state index in [0.717, 1.165) is 19.3 Å². The third-order valence-corrected chi connectivity index (χ3v) is 5.58. The molecule has 0 unspecified atom stereocenters. The molecule has 2 aromatic heterocycles. The van der Waals surface area contributed by atoms with Crippen LogP contribution in [0.4, 0.5) is 5.82 Å². The summed E-state index contributed by atoms with van der Waals surface area (Å²) in [6.07, 6.45) is 4.66. The third kappa shape index (κ3) is 2.98. The average molecular weight is 379 g/mol. The first-order valence-electron chi connectivity index (χ1n) is 9.58. The van der Waals surface area contributed by atoms with Crippen LogP contribution >= 0.6 is 0 Å². The number of aliphatic hydroxyl groups is 3. The SMILES string of the molecule is CCCC[C@@]1(O)[C@H](O)[C@@H](CO)O[C@@]1(CCCC)n1cnc2c(N)ncnc21. The summed E-state index contributed by atoms with van der Waals surface area (Å²) < 4.78 is 7.85. The lowest BCUT2D eigenvalue weighted by Crippen LogP contribution is -2.57. The fraction of sp³-hybridized carbons (Fsp3) is 0.722. The highest BCUT2D eigenvalue weighted by Gasteiger charge is 2.65. The molecule has 3 rings (SSSR count). The highest BCUT2D eigenvalue weighted by Crippen LogP contribution is 2.50. The van der Waals surface area contributed by atoms with Crippen molar-refractivity contribution >= 4 is 17.0 Å². The van der Waals surface area contributed by atoms with Gasteiger partial charge >= 0.3 is 0 Å². The monoisotopic (exact) mass is 379 g/mol. The first kappa shape index (κ1) is 19.9. The van der Waals surface area contributed by atoms with Crippen LogP contribution < -0.4 is 5.73 Å². The molecule has 9 heteroatoms. The summed E-state index contributed by atoms with van der Waals surface area (Å²) in [6, 6.07) is 0. The van der Waals surface area contributed by atoms with Gasteiger partial charge in [0.25, 0.3) is 0 Å². The van der Waals surface area contributed by atoms with Crippen molar-refractivity contribution in [1.29, 1.82) is 0 Å². The van der Waals surface area contributed by atoms with Gasteiger partial charge in [-0.2, -0.15) is 0 Å². The number of imidazole rings is 1. The van der Waals surface area contributed by atoms with E-state index in [1.54, 1.807) is 4.57 Å². The molecule has 0 saturated carbocycles. The quantitative estimate of drug-likeness (QED) is 0.531. The van der Waals surface area contributed by atoms with Crippen LogP contribution in [0.25, 0.3) is 11.2 Å². The maximum atomic E-state index is 11.7. The number of rotatable bonds is 8. The van der Waals surface area contributed by atoms with Crippen LogP contribution in [0.1, 0.15) is 52.4 Å². The molecule has 27 heavy (non-hydrogen) atoms. The number of nitrogens with zero attached hydrogens (tertiary/aromatic N) is 4. The molecule has 0 radical (unpaired) electrons. The largest absolute Gasteiger partial charge is 0.394 e. The molecule has 1 aliphatic heterocycles. The van der Waals surface area contributed by atoms with E-state index >= 15 is 0 Å². The predicted octanol–water partition coefficient (Wildman–Crippen LogP) is 0.925. The third-order valence-electron chi connectivity index (χ3n) is 5.58. The number of anilines is 1. The van der Waals surface area contributed by atoms with Gasteiger partial charge in [0, 0.05) is 0 Å². The molecule has 3 heterocycles. The Balaban J connectivity index is 2.21. The maximum absolute atomic E-state index is 11.7. The van der Waals surface area contributed by atoms with Gasteiger partial charge in [0.15, 0.2) is 17.2 Å². The van der Waals surface area contributed by atoms with Gasteiger partial charge in [-0.1, -0.05) is 33.1 Å². The zero-order valence-corrected chi connectivity index (χ0v) is 15.9. The van der Waals surface area contributed by atoms with E-state index < -0.39 is 30.1 Å². The van der Waals surface area contributed by atoms with E-state index in [1.807, 2.05) is 13.8 Å². The molecule has 5 N–H and O–H groups in total. The van der Waals surface area contributed by atoms with Crippen LogP contribution in [-0.4, -0.2) is 59.3 Å². The van der Waals surface area contributed by atoms with Crippen molar-refractivity contribution in [2.75, 3.05) is 12.3 Å². The van der Waals surface area contributed by atoms with Crippen LogP contribution in [0, 0.1) is 0 Å². The molecule has 9 nitrogen and oxygen atoms in total. The second-order valence-corrected chi connectivity index (χ2v) is 7.25. The number of aromatic nitrogens is 4. The topological polar surface area (TPSA) is 140 Å². The maximum Gasteiger partial charge on any atom is 0.179 e. The Labute approximate surface area is 158 Å². The van der Waals surface area contributed by atoms with Gasteiger partial charge in [-0.15, -0.1) is 0 Å². The lowest BCUT2D eigenvalue weighted by molar-refractivity contribution is -0.202. The number of ether oxygens (including phenoxy) is 1. The molecule has 1 aliphatic rings. The predicted molar refractivity (Wildman–Crippen MR) is 99.7 cm³/mol.